The van der Waals surface area contributed by atoms with Crippen LogP contribution in [0.2, 0.25) is 0 Å². The molecular weight excluding hydrogens is 672 g/mol. The lowest BCUT2D eigenvalue weighted by Crippen LogP contribution is -2.32. The van der Waals surface area contributed by atoms with E-state index in [0.717, 1.165) is 53.5 Å². The van der Waals surface area contributed by atoms with Crippen LogP contribution in [-0.2, 0) is 21.5 Å². The Hall–Kier alpha value is -5.69. The lowest BCUT2D eigenvalue weighted by atomic mass is 10.0. The van der Waals surface area contributed by atoms with Crippen LogP contribution in [0.5, 0.6) is 11.5 Å². The maximum absolute atomic E-state index is 13.4. The molecule has 1 spiro atoms. The Labute approximate surface area is 311 Å². The van der Waals surface area contributed by atoms with Gasteiger partial charge in [-0.1, -0.05) is 18.7 Å². The number of aromatic nitrogens is 3. The number of aryl methyl sites for hydroxylation is 1. The molecule has 13 heteroatoms. The van der Waals surface area contributed by atoms with E-state index in [1.165, 1.54) is 12.3 Å². The minimum absolute atomic E-state index is 0.0687. The maximum atomic E-state index is 13.4. The number of carbonyl (C=O) groups is 2. The van der Waals surface area contributed by atoms with Crippen molar-refractivity contribution in [1.29, 1.82) is 0 Å². The molecule has 0 atom stereocenters. The van der Waals surface area contributed by atoms with Gasteiger partial charge in [0.25, 0.3) is 0 Å². The van der Waals surface area contributed by atoms with Crippen LogP contribution in [0.1, 0.15) is 54.0 Å². The summed E-state index contributed by atoms with van der Waals surface area (Å²) in [6, 6.07) is 15.6. The normalized spacial score (nSPS) is 13.9. The SMILES string of the molecule is C=CC(=O)Nc1cc(Nc2ncc(C(=O)OC(C)C)c(N3CC4(CC4)c4nc(C)ccc43)n2)c(OC)cc1N(CCN(C)C)Cc1ccc(OC)cc1. The van der Waals surface area contributed by atoms with E-state index >= 15 is 0 Å². The zero-order valence-corrected chi connectivity index (χ0v) is 31.5. The van der Waals surface area contributed by atoms with Crippen molar-refractivity contribution in [2.45, 2.75) is 51.7 Å². The summed E-state index contributed by atoms with van der Waals surface area (Å²) in [6.45, 7) is 11.9. The van der Waals surface area contributed by atoms with Gasteiger partial charge in [-0.3, -0.25) is 9.78 Å². The largest absolute Gasteiger partial charge is 0.497 e. The zero-order chi connectivity index (χ0) is 37.9. The Bertz CT molecular complexity index is 1990. The molecule has 2 aliphatic rings. The van der Waals surface area contributed by atoms with Gasteiger partial charge in [0.05, 0.1) is 48.8 Å². The summed E-state index contributed by atoms with van der Waals surface area (Å²) in [5.74, 6) is 1.05. The number of ether oxygens (including phenoxy) is 3. The van der Waals surface area contributed by atoms with E-state index in [4.69, 9.17) is 24.2 Å². The number of nitrogens with zero attached hydrogens (tertiary/aromatic N) is 6. The number of hydrogen-bond acceptors (Lipinski definition) is 12. The molecule has 2 N–H and O–H groups in total. The number of hydrogen-bond donors (Lipinski definition) is 2. The summed E-state index contributed by atoms with van der Waals surface area (Å²) in [6.07, 6.45) is 4.43. The Morgan fingerprint density at radius 1 is 1.02 bits per heavy atom. The Balaban J connectivity index is 1.41. The summed E-state index contributed by atoms with van der Waals surface area (Å²) in [5.41, 5.74) is 5.93. The standard InChI is InChI=1S/C40H48N8O5/c1-9-35(49)43-30-20-31(34(52-8)21-33(30)47(19-18-46(5)6)23-27-11-13-28(51-7)14-12-27)44-39-41-22-29(38(50)53-25(2)3)37(45-39)48-24-40(16-17-40)36-32(48)15-10-26(4)42-36/h9-15,20-22,25H,1,16-19,23-24H2,2-8H3,(H,43,49)(H,41,44,45). The van der Waals surface area contributed by atoms with E-state index in [1.807, 2.05) is 77.3 Å². The van der Waals surface area contributed by atoms with Crippen molar-refractivity contribution < 1.29 is 23.8 Å². The summed E-state index contributed by atoms with van der Waals surface area (Å²) >= 11 is 0. The van der Waals surface area contributed by atoms with Crippen LogP contribution in [0.4, 0.5) is 34.5 Å². The van der Waals surface area contributed by atoms with E-state index in [9.17, 15) is 9.59 Å². The van der Waals surface area contributed by atoms with Crippen LogP contribution in [0.3, 0.4) is 0 Å². The van der Waals surface area contributed by atoms with Crippen LogP contribution in [-0.4, -0.2) is 85.8 Å². The highest BCUT2D eigenvalue weighted by molar-refractivity contribution is 6.02. The van der Waals surface area contributed by atoms with Crippen LogP contribution in [0, 0.1) is 6.92 Å². The third-order valence-corrected chi connectivity index (χ3v) is 9.41. The van der Waals surface area contributed by atoms with Crippen molar-refractivity contribution in [3.8, 4) is 11.5 Å². The average Bonchev–Trinajstić information content (AvgIpc) is 3.86. The second-order valence-corrected chi connectivity index (χ2v) is 14.0. The molecular formula is C40H48N8O5. The molecule has 53 heavy (non-hydrogen) atoms. The molecule has 2 aromatic carbocycles. The van der Waals surface area contributed by atoms with Crippen molar-refractivity contribution in [3.63, 3.8) is 0 Å². The monoisotopic (exact) mass is 720 g/mol. The fraction of sp³-hybridized carbons (Fsp3) is 0.375. The highest BCUT2D eigenvalue weighted by Crippen LogP contribution is 2.57. The molecule has 1 amide bonds. The molecule has 6 rings (SSSR count). The van der Waals surface area contributed by atoms with Gasteiger partial charge in [0.1, 0.15) is 17.1 Å². The van der Waals surface area contributed by atoms with E-state index in [2.05, 4.69) is 36.9 Å². The predicted octanol–water partition coefficient (Wildman–Crippen LogP) is 6.38. The number of benzene rings is 2. The first-order valence-corrected chi connectivity index (χ1v) is 17.7. The van der Waals surface area contributed by atoms with Gasteiger partial charge in [0, 0.05) is 49.6 Å². The highest BCUT2D eigenvalue weighted by atomic mass is 16.5. The van der Waals surface area contributed by atoms with E-state index in [-0.39, 0.29) is 28.9 Å². The van der Waals surface area contributed by atoms with E-state index in [1.54, 1.807) is 20.3 Å². The molecule has 3 heterocycles. The summed E-state index contributed by atoms with van der Waals surface area (Å²) in [7, 11) is 7.26. The van der Waals surface area contributed by atoms with Gasteiger partial charge in [-0.05, 0) is 89.7 Å². The molecule has 13 nitrogen and oxygen atoms in total. The van der Waals surface area contributed by atoms with E-state index < -0.39 is 5.97 Å². The van der Waals surface area contributed by atoms with Crippen molar-refractivity contribution in [3.05, 3.63) is 89.9 Å². The van der Waals surface area contributed by atoms with E-state index in [0.29, 0.717) is 42.6 Å². The summed E-state index contributed by atoms with van der Waals surface area (Å²) in [5, 5.41) is 6.31. The number of methoxy groups -OCH3 is 2. The number of esters is 1. The summed E-state index contributed by atoms with van der Waals surface area (Å²) < 4.78 is 16.9. The van der Waals surface area contributed by atoms with Crippen molar-refractivity contribution in [2.75, 3.05) is 68.4 Å². The second-order valence-electron chi connectivity index (χ2n) is 14.0. The Kier molecular flexibility index (Phi) is 10.8. The molecule has 0 bridgehead atoms. The van der Waals surface area contributed by atoms with Crippen LogP contribution in [0.15, 0.2) is 67.4 Å². The first-order chi connectivity index (χ1) is 25.4. The molecule has 2 aromatic heterocycles. The fourth-order valence-electron chi connectivity index (χ4n) is 6.47. The number of pyridine rings is 1. The molecule has 0 unspecified atom stereocenters. The third-order valence-electron chi connectivity index (χ3n) is 9.41. The maximum Gasteiger partial charge on any atom is 0.343 e. The molecule has 1 aliphatic heterocycles. The number of carbonyl (C=O) groups excluding carboxylic acids is 2. The number of likely N-dealkylation sites (N-methyl/N-ethyl adjacent to an activating group) is 1. The Morgan fingerprint density at radius 3 is 2.42 bits per heavy atom. The van der Waals surface area contributed by atoms with Gasteiger partial charge >= 0.3 is 5.97 Å². The molecule has 0 radical (unpaired) electrons. The number of nitrogens with one attached hydrogen (secondary N) is 2. The van der Waals surface area contributed by atoms with Crippen molar-refractivity contribution in [1.82, 2.24) is 19.9 Å². The lowest BCUT2D eigenvalue weighted by molar-refractivity contribution is -0.111. The fourth-order valence-corrected chi connectivity index (χ4v) is 6.47. The van der Waals surface area contributed by atoms with Crippen LogP contribution >= 0.6 is 0 Å². The van der Waals surface area contributed by atoms with Gasteiger partial charge in [-0.2, -0.15) is 4.98 Å². The minimum atomic E-state index is -0.508. The smallest absolute Gasteiger partial charge is 0.343 e. The quantitative estimate of drug-likeness (QED) is 0.104. The Morgan fingerprint density at radius 2 is 1.77 bits per heavy atom. The van der Waals surface area contributed by atoms with Crippen LogP contribution in [0.25, 0.3) is 0 Å². The lowest BCUT2D eigenvalue weighted by Gasteiger charge is -2.30. The molecule has 1 aliphatic carbocycles. The number of anilines is 6. The first-order valence-electron chi connectivity index (χ1n) is 17.7. The second kappa shape index (κ2) is 15.5. The van der Waals surface area contributed by atoms with Gasteiger partial charge in [-0.25, -0.2) is 9.78 Å². The van der Waals surface area contributed by atoms with Gasteiger partial charge in [-0.15, -0.1) is 0 Å². The molecule has 0 saturated heterocycles. The summed E-state index contributed by atoms with van der Waals surface area (Å²) in [4.78, 5) is 47.0. The minimum Gasteiger partial charge on any atom is -0.497 e. The van der Waals surface area contributed by atoms with Crippen molar-refractivity contribution in [2.24, 2.45) is 0 Å². The predicted molar refractivity (Wildman–Crippen MR) is 207 cm³/mol. The molecule has 1 fully saturated rings. The number of rotatable bonds is 15. The number of fused-ring (bicyclic) bond motifs is 2. The topological polar surface area (TPSA) is 134 Å². The zero-order valence-electron chi connectivity index (χ0n) is 31.5. The highest BCUT2D eigenvalue weighted by Gasteiger charge is 2.54. The molecule has 1 saturated carbocycles. The van der Waals surface area contributed by atoms with Crippen molar-refractivity contribution >= 4 is 46.4 Å². The van der Waals surface area contributed by atoms with Gasteiger partial charge < -0.3 is 39.5 Å². The molecule has 278 valence electrons. The average molecular weight is 721 g/mol. The first kappa shape index (κ1) is 37.1. The van der Waals surface area contributed by atoms with Gasteiger partial charge in [0.2, 0.25) is 11.9 Å². The third kappa shape index (κ3) is 8.20. The molecule has 4 aromatic rings. The number of amides is 1. The van der Waals surface area contributed by atoms with Crippen LogP contribution < -0.4 is 29.9 Å². The van der Waals surface area contributed by atoms with Gasteiger partial charge in [0.15, 0.2) is 5.82 Å².